The molecule has 0 heterocycles. The minimum atomic E-state index is 0.371. The summed E-state index contributed by atoms with van der Waals surface area (Å²) in [6, 6.07) is 21.5. The zero-order valence-electron chi connectivity index (χ0n) is 13.0. The van der Waals surface area contributed by atoms with Gasteiger partial charge in [0.1, 0.15) is 0 Å². The first kappa shape index (κ1) is 16.2. The second-order valence-corrected chi connectivity index (χ2v) is 7.83. The van der Waals surface area contributed by atoms with E-state index in [9.17, 15) is 0 Å². The largest absolute Gasteiger partial charge is 0.0884 e. The molecule has 0 amide bonds. The van der Waals surface area contributed by atoms with Crippen LogP contribution in [0.3, 0.4) is 0 Å². The highest BCUT2D eigenvalue weighted by molar-refractivity contribution is 8.76. The third-order valence-electron chi connectivity index (χ3n) is 3.67. The summed E-state index contributed by atoms with van der Waals surface area (Å²) in [7, 11) is 3.89. The van der Waals surface area contributed by atoms with Crippen molar-refractivity contribution in [1.29, 1.82) is 0 Å². The van der Waals surface area contributed by atoms with Gasteiger partial charge in [0, 0.05) is 5.75 Å². The maximum atomic E-state index is 2.31. The van der Waals surface area contributed by atoms with E-state index in [1.54, 1.807) is 0 Å². The van der Waals surface area contributed by atoms with Crippen molar-refractivity contribution in [3.63, 3.8) is 0 Å². The molecule has 2 heteroatoms. The molecular weight excluding hydrogens is 316 g/mol. The van der Waals surface area contributed by atoms with Gasteiger partial charge in [-0.3, -0.25) is 0 Å². The summed E-state index contributed by atoms with van der Waals surface area (Å²) in [5.41, 5.74) is 4.14. The van der Waals surface area contributed by atoms with E-state index in [2.05, 4.69) is 91.0 Å². The van der Waals surface area contributed by atoms with E-state index < -0.39 is 0 Å². The smallest absolute Gasteiger partial charge is 0.0650 e. The first-order valence-electron chi connectivity index (χ1n) is 7.84. The quantitative estimate of drug-likeness (QED) is 0.545. The predicted octanol–water partition coefficient (Wildman–Crippen LogP) is 6.60. The summed E-state index contributed by atoms with van der Waals surface area (Å²) < 4.78 is 0. The third kappa shape index (κ3) is 4.92. The van der Waals surface area contributed by atoms with Crippen LogP contribution >= 0.6 is 21.6 Å². The van der Waals surface area contributed by atoms with Gasteiger partial charge in [0.2, 0.25) is 0 Å². The number of benzene rings is 2. The van der Waals surface area contributed by atoms with E-state index in [4.69, 9.17) is 0 Å². The van der Waals surface area contributed by atoms with Gasteiger partial charge in [0.15, 0.2) is 0 Å². The topological polar surface area (TPSA) is 0 Å². The van der Waals surface area contributed by atoms with E-state index >= 15 is 0 Å². The van der Waals surface area contributed by atoms with E-state index in [1.165, 1.54) is 16.7 Å². The van der Waals surface area contributed by atoms with Crippen molar-refractivity contribution in [2.75, 3.05) is 5.75 Å². The molecule has 1 aliphatic rings. The molecule has 0 nitrogen and oxygen atoms in total. The molecule has 0 aliphatic heterocycles. The standard InChI is InChI=1S/C21H20S2/c1-2-6-12-18(11-5-1)17-22-23-21(19-13-7-3-8-14-19)20-15-9-4-10-16-20/h1-5,7-16,21H,6,17H2. The Morgan fingerprint density at radius 2 is 1.48 bits per heavy atom. The fraction of sp³-hybridized carbons (Fsp3) is 0.143. The van der Waals surface area contributed by atoms with Crippen LogP contribution in [0.15, 0.2) is 96.6 Å². The molecule has 0 N–H and O–H groups in total. The molecule has 0 spiro atoms. The van der Waals surface area contributed by atoms with Crippen LogP contribution in [0.25, 0.3) is 0 Å². The maximum absolute atomic E-state index is 2.31. The van der Waals surface area contributed by atoms with Crippen molar-refractivity contribution in [3.05, 3.63) is 108 Å². The monoisotopic (exact) mass is 336 g/mol. The average molecular weight is 337 g/mol. The minimum absolute atomic E-state index is 0.371. The fourth-order valence-electron chi connectivity index (χ4n) is 2.46. The van der Waals surface area contributed by atoms with E-state index in [1.807, 2.05) is 21.6 Å². The molecule has 23 heavy (non-hydrogen) atoms. The number of hydrogen-bond donors (Lipinski definition) is 0. The molecule has 3 rings (SSSR count). The second-order valence-electron chi connectivity index (χ2n) is 5.36. The molecule has 0 bridgehead atoms. The molecule has 0 atom stereocenters. The van der Waals surface area contributed by atoms with Crippen LogP contribution in [-0.4, -0.2) is 5.75 Å². The van der Waals surface area contributed by atoms with Gasteiger partial charge in [0.05, 0.1) is 5.25 Å². The minimum Gasteiger partial charge on any atom is -0.0884 e. The highest BCUT2D eigenvalue weighted by Gasteiger charge is 2.14. The number of allylic oxidation sites excluding steroid dienone is 5. The van der Waals surface area contributed by atoms with Crippen LogP contribution in [0.2, 0.25) is 0 Å². The lowest BCUT2D eigenvalue weighted by Crippen LogP contribution is -1.95. The summed E-state index contributed by atoms with van der Waals surface area (Å²) in [4.78, 5) is 0. The first-order chi connectivity index (χ1) is 11.4. The van der Waals surface area contributed by atoms with Crippen molar-refractivity contribution >= 4 is 21.6 Å². The Morgan fingerprint density at radius 3 is 2.13 bits per heavy atom. The predicted molar refractivity (Wildman–Crippen MR) is 106 cm³/mol. The van der Waals surface area contributed by atoms with Gasteiger partial charge in [-0.25, -0.2) is 0 Å². The Labute approximate surface area is 146 Å². The number of hydrogen-bond acceptors (Lipinski definition) is 2. The summed E-state index contributed by atoms with van der Waals surface area (Å²) in [5, 5.41) is 0.371. The first-order valence-corrected chi connectivity index (χ1v) is 10.2. The Balaban J connectivity index is 1.69. The SMILES string of the molecule is C1=CCC=C(CSSC(c2ccccc2)c2ccccc2)C=C1. The van der Waals surface area contributed by atoms with Crippen molar-refractivity contribution in [2.45, 2.75) is 11.7 Å². The third-order valence-corrected chi connectivity index (χ3v) is 6.33. The van der Waals surface area contributed by atoms with Crippen LogP contribution in [-0.2, 0) is 0 Å². The number of rotatable bonds is 6. The van der Waals surface area contributed by atoms with Crippen LogP contribution in [0, 0.1) is 0 Å². The summed E-state index contributed by atoms with van der Waals surface area (Å²) in [6.45, 7) is 0. The normalized spacial score (nSPS) is 13.9. The summed E-state index contributed by atoms with van der Waals surface area (Å²) in [5.74, 6) is 1.04. The second kappa shape index (κ2) is 8.85. The molecule has 1 aliphatic carbocycles. The van der Waals surface area contributed by atoms with Crippen molar-refractivity contribution in [2.24, 2.45) is 0 Å². The zero-order chi connectivity index (χ0) is 15.7. The average Bonchev–Trinajstić information content (AvgIpc) is 2.89. The molecule has 116 valence electrons. The van der Waals surface area contributed by atoms with E-state index in [0.29, 0.717) is 5.25 Å². The van der Waals surface area contributed by atoms with Crippen molar-refractivity contribution in [1.82, 2.24) is 0 Å². The van der Waals surface area contributed by atoms with Gasteiger partial charge in [-0.05, 0) is 23.1 Å². The van der Waals surface area contributed by atoms with Gasteiger partial charge < -0.3 is 0 Å². The highest BCUT2D eigenvalue weighted by Crippen LogP contribution is 2.43. The van der Waals surface area contributed by atoms with Crippen LogP contribution in [0.1, 0.15) is 22.8 Å². The maximum Gasteiger partial charge on any atom is 0.0650 e. The molecule has 0 saturated heterocycles. The highest BCUT2D eigenvalue weighted by atomic mass is 33.1. The van der Waals surface area contributed by atoms with Gasteiger partial charge in [0.25, 0.3) is 0 Å². The van der Waals surface area contributed by atoms with Crippen molar-refractivity contribution in [3.8, 4) is 0 Å². The van der Waals surface area contributed by atoms with Gasteiger partial charge in [-0.1, -0.05) is 113 Å². The summed E-state index contributed by atoms with van der Waals surface area (Å²) >= 11 is 0. The summed E-state index contributed by atoms with van der Waals surface area (Å²) in [6.07, 6.45) is 12.0. The van der Waals surface area contributed by atoms with E-state index in [0.717, 1.165) is 12.2 Å². The molecule has 0 radical (unpaired) electrons. The van der Waals surface area contributed by atoms with Crippen LogP contribution < -0.4 is 0 Å². The van der Waals surface area contributed by atoms with Gasteiger partial charge in [-0.15, -0.1) is 0 Å². The lowest BCUT2D eigenvalue weighted by molar-refractivity contribution is 1.16. The van der Waals surface area contributed by atoms with Gasteiger partial charge in [-0.2, -0.15) is 0 Å². The Bertz CT molecular complexity index is 645. The Hall–Kier alpha value is -1.64. The lowest BCUT2D eigenvalue weighted by Gasteiger charge is -2.17. The van der Waals surface area contributed by atoms with Crippen LogP contribution in [0.5, 0.6) is 0 Å². The molecule has 0 aromatic heterocycles. The zero-order valence-corrected chi connectivity index (χ0v) is 14.6. The Morgan fingerprint density at radius 1 is 0.826 bits per heavy atom. The lowest BCUT2D eigenvalue weighted by atomic mass is 10.0. The van der Waals surface area contributed by atoms with Crippen LogP contribution in [0.4, 0.5) is 0 Å². The molecule has 0 fully saturated rings. The van der Waals surface area contributed by atoms with Crippen molar-refractivity contribution < 1.29 is 0 Å². The molecule has 2 aromatic carbocycles. The fourth-order valence-corrected chi connectivity index (χ4v) is 5.24. The molecular formula is C21H20S2. The Kier molecular flexibility index (Phi) is 6.25. The van der Waals surface area contributed by atoms with Gasteiger partial charge >= 0.3 is 0 Å². The molecule has 0 unspecified atom stereocenters. The van der Waals surface area contributed by atoms with E-state index in [-0.39, 0.29) is 0 Å². The molecule has 0 saturated carbocycles. The molecule has 2 aromatic rings.